The van der Waals surface area contributed by atoms with Crippen molar-refractivity contribution in [3.05, 3.63) is 0 Å². The van der Waals surface area contributed by atoms with Crippen molar-refractivity contribution >= 4 is 51.8 Å². The molecule has 1 heterocycles. The Balaban J connectivity index is 4.79. The molecule has 292 valence electrons. The summed E-state index contributed by atoms with van der Waals surface area (Å²) in [4.78, 5) is 11.6. The maximum Gasteiger partial charge on any atom is 0.460 e. The van der Waals surface area contributed by atoms with E-state index in [1.807, 2.05) is 0 Å². The van der Waals surface area contributed by atoms with Crippen LogP contribution in [0.1, 0.15) is 0 Å². The second-order valence-corrected chi connectivity index (χ2v) is 19.2. The van der Waals surface area contributed by atoms with Crippen LogP contribution in [0.5, 0.6) is 0 Å². The second-order valence-electron chi connectivity index (χ2n) is 7.77. The van der Waals surface area contributed by atoms with Crippen molar-refractivity contribution in [1.29, 1.82) is 0 Å². The van der Waals surface area contributed by atoms with Gasteiger partial charge in [0.25, 0.3) is 0 Å². The molecule has 5 unspecified atom stereocenters. The van der Waals surface area contributed by atoms with Crippen LogP contribution in [-0.4, -0.2) is 62.8 Å². The van der Waals surface area contributed by atoms with E-state index in [0.29, 0.717) is 0 Å². The fraction of sp³-hybridized carbons (Fsp3) is 0.900. The third kappa shape index (κ3) is 17.2. The van der Waals surface area contributed by atoms with Crippen molar-refractivity contribution in [2.45, 2.75) is 30.9 Å². The molecule has 0 N–H and O–H groups in total. The van der Waals surface area contributed by atoms with E-state index in [0.717, 1.165) is 4.52 Å². The summed E-state index contributed by atoms with van der Waals surface area (Å²) in [6.45, 7) is -13.5. The topological polar surface area (TPSA) is 128 Å². The molecule has 0 spiro atoms. The molecule has 0 bridgehead atoms. The molecule has 0 radical (unpaired) electrons. The van der Waals surface area contributed by atoms with Gasteiger partial charge in [0.2, 0.25) is 0 Å². The van der Waals surface area contributed by atoms with Crippen molar-refractivity contribution in [2.75, 3.05) is 26.4 Å². The number of nitrogens with zero attached hydrogens (tertiary/aromatic N) is 6. The lowest BCUT2D eigenvalue weighted by Gasteiger charge is -2.23. The van der Waals surface area contributed by atoms with Crippen molar-refractivity contribution in [3.8, 4) is 0 Å². The van der Waals surface area contributed by atoms with Crippen LogP contribution in [0, 0.1) is 0 Å². The van der Waals surface area contributed by atoms with E-state index in [2.05, 4.69) is 18.1 Å². The molecule has 11 nitrogen and oxygen atoms in total. The van der Waals surface area contributed by atoms with E-state index in [-0.39, 0.29) is 0 Å². The van der Waals surface area contributed by atoms with E-state index >= 15 is 21.0 Å². The molecule has 0 aromatic heterocycles. The molecule has 0 saturated carbocycles. The number of hydrogen-bond donors (Lipinski definition) is 0. The molecular formula is C10H8F22N6O5P6. The average Bonchev–Trinajstić information content (AvgIpc) is 2.80. The highest BCUT2D eigenvalue weighted by molar-refractivity contribution is 7.86. The zero-order valence-electron chi connectivity index (χ0n) is 21.6. The average molecular weight is 896 g/mol. The molecule has 1 rings (SSSR count). The molecule has 0 saturated heterocycles. The van der Waals surface area contributed by atoms with Crippen LogP contribution in [0.4, 0.5) is 95.2 Å². The van der Waals surface area contributed by atoms with Crippen molar-refractivity contribution < 1.29 is 118 Å². The molecule has 5 atom stereocenters. The molecular weight excluding hydrogens is 888 g/mol. The SMILES string of the molecule is O=C(C(F)(F)F)P1(F)=NP(F)(F)=NP(F)(OCC(F)(F)F)=NP(F)(OCC(F)(F)F)=NP(F)(OCC(F)(F)F)=NP(F)(OCC(F)(F)F)=N1. The zero-order chi connectivity index (χ0) is 39.0. The Morgan fingerprint density at radius 1 is 0.408 bits per heavy atom. The highest BCUT2D eigenvalue weighted by Gasteiger charge is 2.54. The van der Waals surface area contributed by atoms with Crippen LogP contribution in [0.15, 0.2) is 27.1 Å². The lowest BCUT2D eigenvalue weighted by molar-refractivity contribution is -0.161. The zero-order valence-corrected chi connectivity index (χ0v) is 26.9. The summed E-state index contributed by atoms with van der Waals surface area (Å²) < 4.78 is 319. The number of alkyl halides is 15. The number of hydrogen-bond acceptors (Lipinski definition) is 11. The Morgan fingerprint density at radius 2 is 0.653 bits per heavy atom. The highest BCUT2D eigenvalue weighted by atomic mass is 31.3. The van der Waals surface area contributed by atoms with Gasteiger partial charge in [-0.1, -0.05) is 0 Å². The maximum atomic E-state index is 15.6. The van der Waals surface area contributed by atoms with Gasteiger partial charge in [-0.15, -0.1) is 31.0 Å². The van der Waals surface area contributed by atoms with Gasteiger partial charge in [-0.05, 0) is 0 Å². The van der Waals surface area contributed by atoms with Crippen LogP contribution >= 0.6 is 46.3 Å². The first kappa shape index (κ1) is 46.4. The minimum Gasteiger partial charge on any atom is -0.294 e. The molecule has 0 aliphatic carbocycles. The Bertz CT molecular complexity index is 1590. The van der Waals surface area contributed by atoms with Gasteiger partial charge in [-0.2, -0.15) is 91.4 Å². The lowest BCUT2D eigenvalue weighted by atomic mass is 10.7. The third-order valence-electron chi connectivity index (χ3n) is 3.41. The highest BCUT2D eigenvalue weighted by Crippen LogP contribution is 2.83. The van der Waals surface area contributed by atoms with Gasteiger partial charge >= 0.3 is 82.7 Å². The number of rotatable bonds is 9. The summed E-state index contributed by atoms with van der Waals surface area (Å²) in [5.74, 6) is 0. The summed E-state index contributed by atoms with van der Waals surface area (Å²) in [7, 11) is -47.6. The van der Waals surface area contributed by atoms with E-state index in [1.54, 1.807) is 0 Å². The summed E-state index contributed by atoms with van der Waals surface area (Å²) in [6.07, 6.45) is -31.0. The molecule has 0 aromatic rings. The minimum absolute atomic E-state index is 1.05. The normalized spacial score (nSPS) is 32.1. The van der Waals surface area contributed by atoms with E-state index in [1.165, 1.54) is 22.6 Å². The van der Waals surface area contributed by atoms with Crippen LogP contribution in [0.3, 0.4) is 0 Å². The van der Waals surface area contributed by atoms with Gasteiger partial charge in [0, 0.05) is 0 Å². The summed E-state index contributed by atoms with van der Waals surface area (Å²) in [5, 5.41) is 0. The van der Waals surface area contributed by atoms with Gasteiger partial charge in [0.15, 0.2) is 26.4 Å². The molecule has 39 heteroatoms. The maximum absolute atomic E-state index is 15.6. The molecule has 0 amide bonds. The Labute approximate surface area is 255 Å². The molecule has 0 aromatic carbocycles. The summed E-state index contributed by atoms with van der Waals surface area (Å²) in [5.41, 5.74) is -4.49. The first-order valence-electron chi connectivity index (χ1n) is 10.4. The predicted molar refractivity (Wildman–Crippen MR) is 123 cm³/mol. The fourth-order valence-electron chi connectivity index (χ4n) is 2.01. The quantitative estimate of drug-likeness (QED) is 0.168. The van der Waals surface area contributed by atoms with E-state index in [9.17, 15) is 79.0 Å². The third-order valence-corrected chi connectivity index (χ3v) is 16.7. The second kappa shape index (κ2) is 15.0. The Kier molecular flexibility index (Phi) is 14.2. The van der Waals surface area contributed by atoms with Crippen LogP contribution in [0.2, 0.25) is 0 Å². The minimum atomic E-state index is -8.26. The molecule has 0 fully saturated rings. The van der Waals surface area contributed by atoms with E-state index in [4.69, 9.17) is 0 Å². The van der Waals surface area contributed by atoms with E-state index < -0.39 is 109 Å². The van der Waals surface area contributed by atoms with Crippen molar-refractivity contribution in [3.63, 3.8) is 0 Å². The molecule has 1 aliphatic heterocycles. The van der Waals surface area contributed by atoms with Crippen LogP contribution < -0.4 is 0 Å². The van der Waals surface area contributed by atoms with Gasteiger partial charge < -0.3 is 0 Å². The van der Waals surface area contributed by atoms with Crippen molar-refractivity contribution in [2.24, 2.45) is 27.1 Å². The first-order chi connectivity index (χ1) is 21.2. The van der Waals surface area contributed by atoms with Gasteiger partial charge in [0.1, 0.15) is 0 Å². The number of halogens is 22. The molecule has 1 aliphatic rings. The lowest BCUT2D eigenvalue weighted by Crippen LogP contribution is -2.21. The Morgan fingerprint density at radius 3 is 0.898 bits per heavy atom. The van der Waals surface area contributed by atoms with Crippen LogP contribution in [-0.2, 0) is 22.9 Å². The largest absolute Gasteiger partial charge is 0.460 e. The van der Waals surface area contributed by atoms with Gasteiger partial charge in [0.05, 0.1) is 0 Å². The standard InChI is InChI=1S/C10H8F22N6O5P6/c11-6(12,13)1-40-46(29)34-44(26,5(39)10(23,24)25)33-45(27,28)35-47(30,41-2-7(14,15)16)37-49(32,43-4-9(20,21)22)38-48(31,36-46)42-3-8(17,18)19/h1-4H2. The van der Waals surface area contributed by atoms with Crippen molar-refractivity contribution in [1.82, 2.24) is 0 Å². The monoisotopic (exact) mass is 896 g/mol. The van der Waals surface area contributed by atoms with Gasteiger partial charge in [-0.25, -0.2) is 0 Å². The Hall–Kier alpha value is -0.650. The summed E-state index contributed by atoms with van der Waals surface area (Å²) >= 11 is 0. The van der Waals surface area contributed by atoms with Gasteiger partial charge in [-0.3, -0.25) is 22.9 Å². The predicted octanol–water partition coefficient (Wildman–Crippen LogP) is 14.0. The van der Waals surface area contributed by atoms with Crippen LogP contribution in [0.25, 0.3) is 0 Å². The molecule has 49 heavy (non-hydrogen) atoms. The number of carbonyl (C=O) groups excluding carboxylic acids is 1. The summed E-state index contributed by atoms with van der Waals surface area (Å²) in [6, 6.07) is 0. The first-order valence-corrected chi connectivity index (χ1v) is 19.5. The fourth-order valence-corrected chi connectivity index (χ4v) is 15.3. The smallest absolute Gasteiger partial charge is 0.294 e. The number of carbonyl (C=O) groups is 1.